The number of rotatable bonds is 20. The molecule has 3 N–H and O–H groups in total. The monoisotopic (exact) mass is 1410 g/mol. The van der Waals surface area contributed by atoms with Crippen molar-refractivity contribution in [3.05, 3.63) is 0 Å². The van der Waals surface area contributed by atoms with Gasteiger partial charge in [-0.1, -0.05) is 125 Å². The lowest BCUT2D eigenvalue weighted by molar-refractivity contribution is -0.157. The van der Waals surface area contributed by atoms with Crippen molar-refractivity contribution in [1.82, 2.24) is 50.2 Å². The molecule has 0 radical (unpaired) electrons. The summed E-state index contributed by atoms with van der Waals surface area (Å²) in [7, 11) is 3.37. The van der Waals surface area contributed by atoms with Crippen molar-refractivity contribution < 1.29 is 69.8 Å². The molecule has 0 spiro atoms. The molecule has 0 aromatic rings. The number of nitrogens with zero attached hydrogens (tertiary/aromatic N) is 7. The van der Waals surface area contributed by atoms with Crippen LogP contribution in [0.3, 0.4) is 0 Å². The minimum Gasteiger partial charge on any atom is -0.411 e. The number of ketones is 1. The molecule has 1 heterocycles. The molecule has 1 aliphatic heterocycles. The summed E-state index contributed by atoms with van der Waals surface area (Å²) in [6.07, 6.45) is 0.488. The fraction of sp³-hybridized carbons (Fsp3) is 0.843. The van der Waals surface area contributed by atoms with Gasteiger partial charge >= 0.3 is 0 Å². The quantitative estimate of drug-likeness (QED) is 0.0660. The summed E-state index contributed by atoms with van der Waals surface area (Å²) >= 11 is 0. The van der Waals surface area contributed by atoms with Crippen LogP contribution in [0.5, 0.6) is 0 Å². The average molecular weight is 1410 g/mol. The van der Waals surface area contributed by atoms with Crippen LogP contribution in [0.25, 0.3) is 0 Å². The van der Waals surface area contributed by atoms with Crippen molar-refractivity contribution in [3.8, 4) is 0 Å². The first kappa shape index (κ1) is 89.5. The van der Waals surface area contributed by atoms with Gasteiger partial charge in [-0.3, -0.25) is 56.9 Å². The van der Waals surface area contributed by atoms with Crippen molar-refractivity contribution in [1.29, 1.82) is 0 Å². The highest BCUT2D eigenvalue weighted by Crippen LogP contribution is 2.40. The van der Waals surface area contributed by atoms with E-state index in [1.807, 2.05) is 96.2 Å². The second kappa shape index (κ2) is 38.3. The number of carbonyl (C=O) groups excluding carboxylic acids is 11. The molecule has 1 aliphatic rings. The van der Waals surface area contributed by atoms with Crippen molar-refractivity contribution in [2.45, 2.75) is 274 Å². The Kier molecular flexibility index (Phi) is 35.3. The highest BCUT2D eigenvalue weighted by Gasteiger charge is 2.50. The second-order valence-electron chi connectivity index (χ2n) is 31.5. The first-order valence-electron chi connectivity index (χ1n) is 35.0. The van der Waals surface area contributed by atoms with Crippen LogP contribution in [0.1, 0.15) is 190 Å². The third-order valence-corrected chi connectivity index (χ3v) is 24.5. The maximum Gasteiger partial charge on any atom is 0.264 e. The topological polar surface area (TPSA) is 299 Å². The van der Waals surface area contributed by atoms with Gasteiger partial charge in [-0.05, 0) is 118 Å². The highest BCUT2D eigenvalue weighted by atomic mass is 32.2. The summed E-state index contributed by atoms with van der Waals surface area (Å²) in [6.45, 7) is 39.8. The van der Waals surface area contributed by atoms with Crippen LogP contribution in [-0.4, -0.2) is 245 Å². The minimum absolute atomic E-state index is 0.00714. The molecule has 1 rings (SSSR count). The molecular formula is C70H130N10O15SSi. The Balaban J connectivity index is 4.66. The van der Waals surface area contributed by atoms with Crippen molar-refractivity contribution in [3.63, 3.8) is 0 Å². The van der Waals surface area contributed by atoms with E-state index in [0.717, 1.165) is 6.26 Å². The zero-order valence-electron chi connectivity index (χ0n) is 65.0. The molecule has 0 saturated carbocycles. The van der Waals surface area contributed by atoms with Gasteiger partial charge in [-0.25, -0.2) is 0 Å². The first-order chi connectivity index (χ1) is 44.2. The van der Waals surface area contributed by atoms with E-state index < -0.39 is 179 Å². The summed E-state index contributed by atoms with van der Waals surface area (Å²) in [6, 6.07) is -12.4. The zero-order chi connectivity index (χ0) is 75.8. The standard InChI is InChI=1S/C70H130N10O15SSi/c1-31-50-65(87)74(21)49(17)64(86)75(22)52(36-41(4)5)61(83)73-56(44(10)11)68(90)76(23)51(35-40(2)3)60(82)71-48(16)55(81)39-47(15)63(85)77(24)53(37-42(6)7)66(88)78(25)54(38-43(8)9)67(89)79(26)57(45(12)13)69(91)80(27)58(62(84)72-50)59(95-97(29,30)70(18,19)20)46(14)33-32-34-94-96(28,92)93/h40-54,56-59H,31-39H2,1-30H3,(H,71,82)(H,72,84)(H,73,83)/t46-,47-,48-,49-,50-,51-,52+,53-,54-,56-,57-,58-,59-/m1/s1. The van der Waals surface area contributed by atoms with E-state index in [2.05, 4.69) is 16.0 Å². The van der Waals surface area contributed by atoms with Crippen molar-refractivity contribution in [2.24, 2.45) is 47.3 Å². The molecule has 0 unspecified atom stereocenters. The Morgan fingerprint density at radius 1 is 0.505 bits per heavy atom. The van der Waals surface area contributed by atoms with Crippen LogP contribution in [0.15, 0.2) is 0 Å². The molecule has 0 aliphatic carbocycles. The number of hydrogen-bond acceptors (Lipinski definition) is 15. The van der Waals surface area contributed by atoms with Crippen LogP contribution in [0.4, 0.5) is 0 Å². The number of carbonyl (C=O) groups is 11. The normalized spacial score (nSPS) is 26.4. The Morgan fingerprint density at radius 2 is 0.918 bits per heavy atom. The van der Waals surface area contributed by atoms with E-state index in [-0.39, 0.29) is 81.6 Å². The van der Waals surface area contributed by atoms with Gasteiger partial charge in [0.1, 0.15) is 54.4 Å². The fourth-order valence-electron chi connectivity index (χ4n) is 12.1. The number of amides is 10. The van der Waals surface area contributed by atoms with Crippen LogP contribution >= 0.6 is 0 Å². The van der Waals surface area contributed by atoms with Crippen LogP contribution in [0.2, 0.25) is 18.1 Å². The Hall–Kier alpha value is -5.54. The SMILES string of the molecule is CC[C@H]1NC(=O)[C@@H]([C@H](O[Si](C)(C)C(C)(C)C)[C@H](C)CCCOS(C)(=O)=O)N(C)C(=O)[C@@H](C(C)C)N(C)C(=O)[C@@H](CC(C)C)N(C)C(=O)[C@@H](CC(C)C)N(C)C(=O)[C@H](C)CC(=O)[C@@H](C)NC(=O)[C@@H](CC(C)C)N(C)C(=O)[C@@H](C(C)C)NC(=O)[C@H](CC(C)C)N(C)C(=O)[C@@H](C)N(C)C1=O. The molecular weight excluding hydrogens is 1280 g/mol. The third-order valence-electron chi connectivity index (χ3n) is 19.4. The minimum atomic E-state index is -3.83. The van der Waals surface area contributed by atoms with E-state index in [9.17, 15) is 37.2 Å². The highest BCUT2D eigenvalue weighted by molar-refractivity contribution is 7.86. The van der Waals surface area contributed by atoms with Crippen LogP contribution in [0, 0.1) is 47.3 Å². The average Bonchev–Trinajstić information content (AvgIpc) is 0.792. The van der Waals surface area contributed by atoms with E-state index in [1.165, 1.54) is 97.5 Å². The van der Waals surface area contributed by atoms with E-state index in [1.54, 1.807) is 41.5 Å². The molecule has 0 aromatic heterocycles. The largest absolute Gasteiger partial charge is 0.411 e. The van der Waals surface area contributed by atoms with Gasteiger partial charge in [0.2, 0.25) is 59.1 Å². The number of hydrogen-bond donors (Lipinski definition) is 3. The van der Waals surface area contributed by atoms with Gasteiger partial charge in [0, 0.05) is 61.7 Å². The van der Waals surface area contributed by atoms with E-state index in [0.29, 0.717) is 0 Å². The second-order valence-corrected chi connectivity index (χ2v) is 37.9. The number of nitrogens with one attached hydrogen (secondary N) is 3. The summed E-state index contributed by atoms with van der Waals surface area (Å²) in [5, 5.41) is 8.14. The Labute approximate surface area is 584 Å². The molecule has 10 amide bonds. The van der Waals surface area contributed by atoms with Crippen LogP contribution in [-0.2, 0) is 71.5 Å². The summed E-state index contributed by atoms with van der Waals surface area (Å²) in [5.74, 6) is -10.4. The zero-order valence-corrected chi connectivity index (χ0v) is 66.8. The molecule has 0 aromatic carbocycles. The molecule has 97 heavy (non-hydrogen) atoms. The maximum absolute atomic E-state index is 15.9. The Morgan fingerprint density at radius 3 is 1.34 bits per heavy atom. The molecule has 1 fully saturated rings. The summed E-state index contributed by atoms with van der Waals surface area (Å²) in [5.41, 5.74) is 0. The lowest BCUT2D eigenvalue weighted by atomic mass is 9.90. The fourth-order valence-corrected chi connectivity index (χ4v) is 13.9. The smallest absolute Gasteiger partial charge is 0.264 e. The summed E-state index contributed by atoms with van der Waals surface area (Å²) < 4.78 is 36.6. The number of likely N-dealkylation sites (N-methyl/N-ethyl adjacent to an activating group) is 7. The van der Waals surface area contributed by atoms with Gasteiger partial charge in [0.05, 0.1) is 25.0 Å². The van der Waals surface area contributed by atoms with Gasteiger partial charge in [0.25, 0.3) is 10.1 Å². The first-order valence-corrected chi connectivity index (χ1v) is 39.8. The predicted molar refractivity (Wildman–Crippen MR) is 381 cm³/mol. The lowest BCUT2D eigenvalue weighted by Crippen LogP contribution is -2.65. The van der Waals surface area contributed by atoms with E-state index in [4.69, 9.17) is 8.61 Å². The van der Waals surface area contributed by atoms with Gasteiger partial charge in [-0.15, -0.1) is 0 Å². The molecule has 27 heteroatoms. The predicted octanol–water partition coefficient (Wildman–Crippen LogP) is 6.57. The molecule has 25 nitrogen and oxygen atoms in total. The van der Waals surface area contributed by atoms with E-state index >= 15 is 24.0 Å². The maximum atomic E-state index is 15.9. The molecule has 0 bridgehead atoms. The third kappa shape index (κ3) is 25.5. The number of Topliss-reactive ketones (excluding diaryl/α,β-unsaturated/α-hetero) is 1. The van der Waals surface area contributed by atoms with Crippen molar-refractivity contribution in [2.75, 3.05) is 62.2 Å². The Bertz CT molecular complexity index is 2810. The van der Waals surface area contributed by atoms with Crippen LogP contribution < -0.4 is 16.0 Å². The van der Waals surface area contributed by atoms with Gasteiger partial charge in [0.15, 0.2) is 14.1 Å². The molecule has 1 saturated heterocycles. The van der Waals surface area contributed by atoms with Gasteiger partial charge < -0.3 is 54.7 Å². The van der Waals surface area contributed by atoms with Gasteiger partial charge in [-0.2, -0.15) is 8.42 Å². The lowest BCUT2D eigenvalue weighted by Gasteiger charge is -2.46. The summed E-state index contributed by atoms with van der Waals surface area (Å²) in [4.78, 5) is 174. The molecule has 13 atom stereocenters. The van der Waals surface area contributed by atoms with Crippen molar-refractivity contribution >= 4 is 83.3 Å². The molecule has 560 valence electrons.